The van der Waals surface area contributed by atoms with E-state index >= 15 is 0 Å². The van der Waals surface area contributed by atoms with Crippen molar-refractivity contribution in [3.63, 3.8) is 0 Å². The SMILES string of the molecule is CCOC(=O)[C@@H]1C(=O)c2cc(OC)c(OC)c(OC)c2[C@H]1c1nccs1. The molecule has 1 aliphatic carbocycles. The molecule has 0 N–H and O–H groups in total. The van der Waals surface area contributed by atoms with Crippen LogP contribution in [0.1, 0.15) is 33.8 Å². The number of hydrogen-bond acceptors (Lipinski definition) is 8. The van der Waals surface area contributed by atoms with E-state index in [1.165, 1.54) is 32.7 Å². The smallest absolute Gasteiger partial charge is 0.317 e. The fourth-order valence-electron chi connectivity index (χ4n) is 3.31. The van der Waals surface area contributed by atoms with Gasteiger partial charge >= 0.3 is 5.97 Å². The number of Topliss-reactive ketones (excluding diaryl/α,β-unsaturated/α-hetero) is 1. The highest BCUT2D eigenvalue weighted by molar-refractivity contribution is 7.09. The van der Waals surface area contributed by atoms with Gasteiger partial charge in [-0.3, -0.25) is 9.59 Å². The highest BCUT2D eigenvalue weighted by atomic mass is 32.1. The van der Waals surface area contributed by atoms with Gasteiger partial charge < -0.3 is 18.9 Å². The van der Waals surface area contributed by atoms with E-state index in [2.05, 4.69) is 4.98 Å². The Hall–Kier alpha value is -2.61. The molecule has 0 fully saturated rings. The highest BCUT2D eigenvalue weighted by Crippen LogP contribution is 2.53. The lowest BCUT2D eigenvalue weighted by Gasteiger charge is -2.19. The molecule has 2 atom stereocenters. The van der Waals surface area contributed by atoms with Crippen LogP contribution in [-0.4, -0.2) is 44.7 Å². The Bertz CT molecular complexity index is 833. The van der Waals surface area contributed by atoms with Gasteiger partial charge in [0.1, 0.15) is 10.9 Å². The Morgan fingerprint density at radius 1 is 1.19 bits per heavy atom. The van der Waals surface area contributed by atoms with Crippen LogP contribution >= 0.6 is 11.3 Å². The second-order valence-electron chi connectivity index (χ2n) is 5.55. The first-order valence-electron chi connectivity index (χ1n) is 8.02. The maximum absolute atomic E-state index is 13.1. The summed E-state index contributed by atoms with van der Waals surface area (Å²) in [5.41, 5.74) is 0.931. The van der Waals surface area contributed by atoms with Crippen LogP contribution in [0.2, 0.25) is 0 Å². The summed E-state index contributed by atoms with van der Waals surface area (Å²) < 4.78 is 21.5. The zero-order valence-electron chi connectivity index (χ0n) is 14.9. The van der Waals surface area contributed by atoms with E-state index in [0.29, 0.717) is 33.4 Å². The monoisotopic (exact) mass is 377 g/mol. The highest BCUT2D eigenvalue weighted by Gasteiger charge is 2.50. The fraction of sp³-hybridized carbons (Fsp3) is 0.389. The lowest BCUT2D eigenvalue weighted by atomic mass is 9.92. The summed E-state index contributed by atoms with van der Waals surface area (Å²) in [5, 5.41) is 2.44. The molecule has 1 aromatic carbocycles. The van der Waals surface area contributed by atoms with Gasteiger partial charge in [-0.25, -0.2) is 4.98 Å². The summed E-state index contributed by atoms with van der Waals surface area (Å²) in [7, 11) is 4.45. The zero-order valence-corrected chi connectivity index (χ0v) is 15.7. The number of fused-ring (bicyclic) bond motifs is 1. The molecule has 8 heteroatoms. The molecule has 1 aliphatic rings. The van der Waals surface area contributed by atoms with Crippen molar-refractivity contribution in [1.82, 2.24) is 4.98 Å². The molecule has 1 heterocycles. The normalized spacial score (nSPS) is 18.4. The van der Waals surface area contributed by atoms with Gasteiger partial charge in [0.15, 0.2) is 17.3 Å². The molecule has 1 aromatic heterocycles. The Balaban J connectivity index is 2.28. The number of thiazole rings is 1. The van der Waals surface area contributed by atoms with Crippen molar-refractivity contribution in [2.75, 3.05) is 27.9 Å². The van der Waals surface area contributed by atoms with Gasteiger partial charge in [-0.2, -0.15) is 0 Å². The van der Waals surface area contributed by atoms with Gasteiger partial charge in [0.2, 0.25) is 5.75 Å². The summed E-state index contributed by atoms with van der Waals surface area (Å²) in [6.45, 7) is 1.89. The summed E-state index contributed by atoms with van der Waals surface area (Å²) in [5.74, 6) is -1.42. The van der Waals surface area contributed by atoms with E-state index in [1.54, 1.807) is 24.6 Å². The molecule has 0 unspecified atom stereocenters. The predicted octanol–water partition coefficient (Wildman–Crippen LogP) is 2.68. The molecule has 26 heavy (non-hydrogen) atoms. The first-order valence-corrected chi connectivity index (χ1v) is 8.90. The molecule has 0 amide bonds. The number of ether oxygens (including phenoxy) is 4. The topological polar surface area (TPSA) is 84.0 Å². The minimum Gasteiger partial charge on any atom is -0.493 e. The molecule has 7 nitrogen and oxygen atoms in total. The Kier molecular flexibility index (Phi) is 5.13. The number of hydrogen-bond donors (Lipinski definition) is 0. The predicted molar refractivity (Wildman–Crippen MR) is 94.5 cm³/mol. The maximum atomic E-state index is 13.1. The van der Waals surface area contributed by atoms with Crippen molar-refractivity contribution in [3.8, 4) is 17.2 Å². The number of aromatic nitrogens is 1. The van der Waals surface area contributed by atoms with Crippen LogP contribution in [0.25, 0.3) is 0 Å². The third-order valence-corrected chi connectivity index (χ3v) is 5.18. The molecular formula is C18H19NO6S. The second kappa shape index (κ2) is 7.33. The number of esters is 1. The number of carbonyl (C=O) groups is 2. The molecule has 2 aromatic rings. The number of rotatable bonds is 6. The minimum atomic E-state index is -1.01. The van der Waals surface area contributed by atoms with Crippen LogP contribution in [0.5, 0.6) is 17.2 Å². The van der Waals surface area contributed by atoms with E-state index < -0.39 is 17.8 Å². The Labute approximate surface area is 154 Å². The van der Waals surface area contributed by atoms with E-state index in [4.69, 9.17) is 18.9 Å². The molecule has 0 radical (unpaired) electrons. The van der Waals surface area contributed by atoms with Crippen LogP contribution in [0.3, 0.4) is 0 Å². The average molecular weight is 377 g/mol. The van der Waals surface area contributed by atoms with Crippen molar-refractivity contribution in [2.45, 2.75) is 12.8 Å². The van der Waals surface area contributed by atoms with E-state index in [9.17, 15) is 9.59 Å². The molecule has 0 aliphatic heterocycles. The molecule has 138 valence electrons. The first kappa shape index (κ1) is 18.2. The van der Waals surface area contributed by atoms with E-state index in [1.807, 2.05) is 0 Å². The van der Waals surface area contributed by atoms with Crippen LogP contribution < -0.4 is 14.2 Å². The summed E-state index contributed by atoms with van der Waals surface area (Å²) in [6.07, 6.45) is 1.64. The summed E-state index contributed by atoms with van der Waals surface area (Å²) >= 11 is 1.37. The fourth-order valence-corrected chi connectivity index (χ4v) is 4.09. The van der Waals surface area contributed by atoms with Gasteiger partial charge in [-0.05, 0) is 13.0 Å². The third-order valence-electron chi connectivity index (χ3n) is 4.32. The summed E-state index contributed by atoms with van der Waals surface area (Å²) in [6, 6.07) is 1.58. The van der Waals surface area contributed by atoms with Gasteiger partial charge in [0.25, 0.3) is 0 Å². The molecule has 0 saturated heterocycles. The quantitative estimate of drug-likeness (QED) is 0.565. The van der Waals surface area contributed by atoms with E-state index in [0.717, 1.165) is 0 Å². The van der Waals surface area contributed by atoms with Crippen LogP contribution in [0, 0.1) is 5.92 Å². The van der Waals surface area contributed by atoms with E-state index in [-0.39, 0.29) is 12.4 Å². The van der Waals surface area contributed by atoms with Gasteiger partial charge in [0.05, 0.1) is 33.9 Å². The van der Waals surface area contributed by atoms with Crippen molar-refractivity contribution < 1.29 is 28.5 Å². The molecule has 0 bridgehead atoms. The van der Waals surface area contributed by atoms with Gasteiger partial charge in [-0.1, -0.05) is 0 Å². The molecule has 3 rings (SSSR count). The molecule has 0 saturated carbocycles. The van der Waals surface area contributed by atoms with Crippen LogP contribution in [0.15, 0.2) is 17.6 Å². The van der Waals surface area contributed by atoms with Crippen LogP contribution in [0.4, 0.5) is 0 Å². The molecular weight excluding hydrogens is 358 g/mol. The van der Waals surface area contributed by atoms with Crippen molar-refractivity contribution >= 4 is 23.1 Å². The van der Waals surface area contributed by atoms with Crippen molar-refractivity contribution in [2.24, 2.45) is 5.92 Å². The largest absolute Gasteiger partial charge is 0.493 e. The van der Waals surface area contributed by atoms with Gasteiger partial charge in [0, 0.05) is 22.7 Å². The number of benzene rings is 1. The van der Waals surface area contributed by atoms with Gasteiger partial charge in [-0.15, -0.1) is 11.3 Å². The number of carbonyl (C=O) groups excluding carboxylic acids is 2. The van der Waals surface area contributed by atoms with Crippen LogP contribution in [-0.2, 0) is 9.53 Å². The zero-order chi connectivity index (χ0) is 18.8. The molecule has 0 spiro atoms. The number of ketones is 1. The Morgan fingerprint density at radius 2 is 1.92 bits per heavy atom. The minimum absolute atomic E-state index is 0.188. The lowest BCUT2D eigenvalue weighted by molar-refractivity contribution is -0.146. The average Bonchev–Trinajstić information content (AvgIpc) is 3.26. The summed E-state index contributed by atoms with van der Waals surface area (Å²) in [4.78, 5) is 30.0. The maximum Gasteiger partial charge on any atom is 0.317 e. The standard InChI is InChI=1S/C18H19NO6S/c1-5-25-18(21)13-12(17-19-6-7-26-17)11-9(14(13)20)8-10(22-2)15(23-3)16(11)24-4/h6-8,12-13H,5H2,1-4H3/t12-,13+/m1/s1. The number of nitrogens with zero attached hydrogens (tertiary/aromatic N) is 1. The lowest BCUT2D eigenvalue weighted by Crippen LogP contribution is -2.27. The first-order chi connectivity index (χ1) is 12.6. The van der Waals surface area contributed by atoms with Crippen molar-refractivity contribution in [1.29, 1.82) is 0 Å². The Morgan fingerprint density at radius 3 is 2.46 bits per heavy atom. The van der Waals surface area contributed by atoms with Crippen molar-refractivity contribution in [3.05, 3.63) is 33.8 Å². The third kappa shape index (κ3) is 2.70. The number of methoxy groups -OCH3 is 3. The second-order valence-corrected chi connectivity index (χ2v) is 6.47.